The number of alkyl halides is 3. The molecule has 1 N–H and O–H groups in total. The third kappa shape index (κ3) is 4.88. The number of carbonyl (C=O) groups is 1. The summed E-state index contributed by atoms with van der Waals surface area (Å²) in [6.07, 6.45) is 4.18. The van der Waals surface area contributed by atoms with Crippen molar-refractivity contribution in [1.29, 1.82) is 0 Å². The third-order valence-electron chi connectivity index (χ3n) is 6.16. The molecule has 0 aliphatic heterocycles. The van der Waals surface area contributed by atoms with Crippen LogP contribution in [0.2, 0.25) is 0 Å². The zero-order valence-corrected chi connectivity index (χ0v) is 18.9. The minimum atomic E-state index is -2.37. The number of benzene rings is 1. The van der Waals surface area contributed by atoms with Gasteiger partial charge in [0.2, 0.25) is 0 Å². The van der Waals surface area contributed by atoms with Crippen LogP contribution in [0, 0.1) is 5.41 Å². The minimum absolute atomic E-state index is 0.308. The average Bonchev–Trinajstić information content (AvgIpc) is 3.41. The van der Waals surface area contributed by atoms with Crippen molar-refractivity contribution in [2.24, 2.45) is 5.41 Å². The first-order valence-corrected chi connectivity index (χ1v) is 10.8. The predicted octanol–water partition coefficient (Wildman–Crippen LogP) is 4.32. The fraction of sp³-hybridized carbons (Fsp3) is 0.360. The van der Waals surface area contributed by atoms with Gasteiger partial charge < -0.3 is 19.3 Å². The molecule has 3 aromatic rings. The molecule has 0 aliphatic rings. The van der Waals surface area contributed by atoms with Crippen molar-refractivity contribution in [2.75, 3.05) is 45.1 Å². The Bertz CT molecular complexity index is 1020. The Kier molecular flexibility index (Phi) is 8.20. The topological polar surface area (TPSA) is 67.6 Å². The van der Waals surface area contributed by atoms with Crippen LogP contribution in [0.1, 0.15) is 5.56 Å². The number of likely N-dealkylation sites (N-methyl/N-ethyl adjacent to an activating group) is 1. The van der Waals surface area contributed by atoms with Gasteiger partial charge in [-0.3, -0.25) is 13.2 Å². The zero-order chi connectivity index (χ0) is 24.6. The van der Waals surface area contributed by atoms with Gasteiger partial charge in [0.05, 0.1) is 12.0 Å². The molecule has 34 heavy (non-hydrogen) atoms. The average molecular weight is 476 g/mol. The third-order valence-corrected chi connectivity index (χ3v) is 6.16. The van der Waals surface area contributed by atoms with E-state index in [9.17, 15) is 23.1 Å². The standard InChI is InChI=1S/C25H28F3N3O3/c1-30(22-6-2-3-11-29-22)14-15-34-21-9-7-20(8-10-21)16-25(23(32)33,31-12-4-5-13-31)24(17-26,18-27)19-28/h2-13H,14-19H2,1H3,(H,32,33)/t25-/m1/s1. The number of carboxylic acid groups (broad SMARTS) is 1. The molecule has 0 radical (unpaired) electrons. The lowest BCUT2D eigenvalue weighted by atomic mass is 9.68. The monoisotopic (exact) mass is 475 g/mol. The van der Waals surface area contributed by atoms with Gasteiger partial charge in [0, 0.05) is 32.1 Å². The second-order valence-electron chi connectivity index (χ2n) is 8.22. The second kappa shape index (κ2) is 11.1. The van der Waals surface area contributed by atoms with Crippen LogP contribution < -0.4 is 9.64 Å². The van der Waals surface area contributed by atoms with Crippen molar-refractivity contribution < 1.29 is 27.8 Å². The van der Waals surface area contributed by atoms with E-state index in [1.165, 1.54) is 29.1 Å². The van der Waals surface area contributed by atoms with Gasteiger partial charge in [0.25, 0.3) is 0 Å². The summed E-state index contributed by atoms with van der Waals surface area (Å²) in [6, 6.07) is 15.3. The fourth-order valence-corrected chi connectivity index (χ4v) is 3.99. The number of pyridine rings is 1. The van der Waals surface area contributed by atoms with E-state index in [4.69, 9.17) is 4.74 Å². The van der Waals surface area contributed by atoms with Crippen LogP contribution in [-0.2, 0) is 16.8 Å². The molecule has 1 atom stereocenters. The number of anilines is 1. The normalized spacial score (nSPS) is 13.3. The highest BCUT2D eigenvalue weighted by molar-refractivity contribution is 5.79. The molecule has 1 aromatic carbocycles. The lowest BCUT2D eigenvalue weighted by molar-refractivity contribution is -0.160. The van der Waals surface area contributed by atoms with Crippen LogP contribution in [0.25, 0.3) is 0 Å². The molecule has 0 saturated carbocycles. The SMILES string of the molecule is CN(CCOc1ccc(C[C@](C(=O)O)(n2cccc2)C(CF)(CF)CF)cc1)c1ccccn1. The number of halogens is 3. The summed E-state index contributed by atoms with van der Waals surface area (Å²) in [4.78, 5) is 18.7. The van der Waals surface area contributed by atoms with E-state index >= 15 is 0 Å². The van der Waals surface area contributed by atoms with Crippen LogP contribution >= 0.6 is 0 Å². The van der Waals surface area contributed by atoms with Gasteiger partial charge in [-0.1, -0.05) is 18.2 Å². The molecule has 2 heterocycles. The first kappa shape index (κ1) is 25.1. The van der Waals surface area contributed by atoms with Gasteiger partial charge in [0.1, 0.15) is 38.2 Å². The molecular formula is C25H28F3N3O3. The Morgan fingerprint density at radius 3 is 2.21 bits per heavy atom. The number of rotatable bonds is 13. The fourth-order valence-electron chi connectivity index (χ4n) is 3.99. The molecule has 0 spiro atoms. The van der Waals surface area contributed by atoms with E-state index in [2.05, 4.69) is 4.98 Å². The molecular weight excluding hydrogens is 447 g/mol. The Hall–Kier alpha value is -3.49. The van der Waals surface area contributed by atoms with Gasteiger partial charge in [-0.2, -0.15) is 0 Å². The molecule has 3 rings (SSSR count). The van der Waals surface area contributed by atoms with Gasteiger partial charge in [-0.15, -0.1) is 0 Å². The Morgan fingerprint density at radius 2 is 1.68 bits per heavy atom. The largest absolute Gasteiger partial charge is 0.492 e. The van der Waals surface area contributed by atoms with Crippen LogP contribution in [0.15, 0.2) is 73.2 Å². The number of carboxylic acids is 1. The van der Waals surface area contributed by atoms with Gasteiger partial charge in [0.15, 0.2) is 5.54 Å². The maximum atomic E-state index is 14.1. The molecule has 0 unspecified atom stereocenters. The molecule has 9 heteroatoms. The molecule has 0 aliphatic carbocycles. The molecule has 0 saturated heterocycles. The number of aromatic nitrogens is 2. The smallest absolute Gasteiger partial charge is 0.331 e. The Balaban J connectivity index is 1.77. The maximum Gasteiger partial charge on any atom is 0.331 e. The summed E-state index contributed by atoms with van der Waals surface area (Å²) in [5.41, 5.74) is -4.08. The molecule has 0 amide bonds. The van der Waals surface area contributed by atoms with Crippen LogP contribution in [0.4, 0.5) is 19.0 Å². The Morgan fingerprint density at radius 1 is 1.03 bits per heavy atom. The summed E-state index contributed by atoms with van der Waals surface area (Å²) < 4.78 is 49.2. The van der Waals surface area contributed by atoms with Crippen LogP contribution in [-0.4, -0.2) is 60.8 Å². The van der Waals surface area contributed by atoms with Crippen molar-refractivity contribution >= 4 is 11.8 Å². The van der Waals surface area contributed by atoms with Crippen molar-refractivity contribution in [3.05, 3.63) is 78.8 Å². The highest BCUT2D eigenvalue weighted by Crippen LogP contribution is 2.43. The summed E-state index contributed by atoms with van der Waals surface area (Å²) in [6.45, 7) is -3.43. The summed E-state index contributed by atoms with van der Waals surface area (Å²) in [5.74, 6) is -0.143. The Labute approximate surface area is 196 Å². The van der Waals surface area contributed by atoms with E-state index in [-0.39, 0.29) is 6.42 Å². The zero-order valence-electron chi connectivity index (χ0n) is 18.9. The summed E-state index contributed by atoms with van der Waals surface area (Å²) in [7, 11) is 1.90. The number of aliphatic carboxylic acids is 1. The highest BCUT2D eigenvalue weighted by Gasteiger charge is 2.59. The number of ether oxygens (including phenoxy) is 1. The number of hydrogen-bond acceptors (Lipinski definition) is 4. The lowest BCUT2D eigenvalue weighted by Crippen LogP contribution is -2.60. The van der Waals surface area contributed by atoms with E-state index in [0.29, 0.717) is 24.5 Å². The quantitative estimate of drug-likeness (QED) is 0.399. The van der Waals surface area contributed by atoms with Crippen molar-refractivity contribution in [3.8, 4) is 5.75 Å². The van der Waals surface area contributed by atoms with Crippen molar-refractivity contribution in [1.82, 2.24) is 9.55 Å². The maximum absolute atomic E-state index is 14.1. The van der Waals surface area contributed by atoms with Crippen molar-refractivity contribution in [2.45, 2.75) is 12.0 Å². The second-order valence-corrected chi connectivity index (χ2v) is 8.22. The van der Waals surface area contributed by atoms with E-state index in [0.717, 1.165) is 5.82 Å². The molecule has 6 nitrogen and oxygen atoms in total. The van der Waals surface area contributed by atoms with Crippen LogP contribution in [0.5, 0.6) is 5.75 Å². The minimum Gasteiger partial charge on any atom is -0.492 e. The molecule has 2 aromatic heterocycles. The predicted molar refractivity (Wildman–Crippen MR) is 124 cm³/mol. The summed E-state index contributed by atoms with van der Waals surface area (Å²) >= 11 is 0. The van der Waals surface area contributed by atoms with Gasteiger partial charge in [-0.05, 0) is 42.0 Å². The number of hydrogen-bond donors (Lipinski definition) is 1. The van der Waals surface area contributed by atoms with Crippen LogP contribution in [0.3, 0.4) is 0 Å². The molecule has 0 bridgehead atoms. The summed E-state index contributed by atoms with van der Waals surface area (Å²) in [5, 5.41) is 10.1. The molecule has 182 valence electrons. The number of nitrogens with zero attached hydrogens (tertiary/aromatic N) is 3. The van der Waals surface area contributed by atoms with E-state index < -0.39 is 36.9 Å². The van der Waals surface area contributed by atoms with Gasteiger partial charge in [-0.25, -0.2) is 9.78 Å². The van der Waals surface area contributed by atoms with E-state index in [1.54, 1.807) is 30.5 Å². The van der Waals surface area contributed by atoms with Gasteiger partial charge >= 0.3 is 5.97 Å². The first-order chi connectivity index (χ1) is 16.4. The lowest BCUT2D eigenvalue weighted by Gasteiger charge is -2.44. The first-order valence-electron chi connectivity index (χ1n) is 10.8. The van der Waals surface area contributed by atoms with Crippen molar-refractivity contribution in [3.63, 3.8) is 0 Å². The highest BCUT2D eigenvalue weighted by atomic mass is 19.1. The van der Waals surface area contributed by atoms with E-state index in [1.807, 2.05) is 30.1 Å². The molecule has 0 fully saturated rings.